The lowest BCUT2D eigenvalue weighted by atomic mass is 10.1. The Morgan fingerprint density at radius 3 is 3.00 bits per heavy atom. The minimum Gasteiger partial charge on any atom is -0.396 e. The molecule has 1 unspecified atom stereocenters. The van der Waals surface area contributed by atoms with Crippen molar-refractivity contribution in [1.29, 1.82) is 0 Å². The van der Waals surface area contributed by atoms with Crippen LogP contribution in [-0.4, -0.2) is 22.5 Å². The average molecular weight is 265 g/mol. The van der Waals surface area contributed by atoms with E-state index in [0.717, 1.165) is 22.6 Å². The number of aliphatic hydroxyl groups excluding tert-OH is 1. The summed E-state index contributed by atoms with van der Waals surface area (Å²) in [5.41, 5.74) is 1.78. The summed E-state index contributed by atoms with van der Waals surface area (Å²) in [6, 6.07) is 6.79. The molecule has 0 fully saturated rings. The van der Waals surface area contributed by atoms with E-state index in [1.54, 1.807) is 36.2 Å². The third-order valence-corrected chi connectivity index (χ3v) is 4.09. The Morgan fingerprint density at radius 2 is 2.22 bits per heavy atom. The zero-order valence-corrected chi connectivity index (χ0v) is 11.1. The van der Waals surface area contributed by atoms with E-state index in [-0.39, 0.29) is 18.3 Å². The van der Waals surface area contributed by atoms with Crippen LogP contribution in [0.4, 0.5) is 4.39 Å². The molecule has 0 aliphatic rings. The fourth-order valence-electron chi connectivity index (χ4n) is 1.74. The molecular weight excluding hydrogens is 249 g/mol. The summed E-state index contributed by atoms with van der Waals surface area (Å²) in [5.74, 6) is 1.74. The number of aliphatic hydroxyl groups is 1. The molecule has 0 bridgehead atoms. The first kappa shape index (κ1) is 13.3. The molecule has 4 heteroatoms. The number of thioether (sulfide) groups is 1. The van der Waals surface area contributed by atoms with Crippen LogP contribution >= 0.6 is 11.8 Å². The monoisotopic (exact) mass is 265 g/mol. The molecule has 1 N–H and O–H groups in total. The van der Waals surface area contributed by atoms with Gasteiger partial charge in [-0.05, 0) is 35.4 Å². The molecule has 0 amide bonds. The molecule has 0 aliphatic heterocycles. The Balaban J connectivity index is 2.16. The van der Waals surface area contributed by atoms with Crippen LogP contribution in [0, 0.1) is 11.7 Å². The van der Waals surface area contributed by atoms with E-state index in [0.29, 0.717) is 5.39 Å². The van der Waals surface area contributed by atoms with Gasteiger partial charge in [0.1, 0.15) is 5.82 Å². The maximum Gasteiger partial charge on any atom is 0.132 e. The summed E-state index contributed by atoms with van der Waals surface area (Å²) in [4.78, 5) is 4.26. The van der Waals surface area contributed by atoms with Crippen LogP contribution < -0.4 is 0 Å². The van der Waals surface area contributed by atoms with Gasteiger partial charge in [0.2, 0.25) is 0 Å². The predicted octanol–water partition coefficient (Wildman–Crippen LogP) is 3.24. The van der Waals surface area contributed by atoms with Crippen molar-refractivity contribution in [2.45, 2.75) is 12.7 Å². The van der Waals surface area contributed by atoms with Crippen molar-refractivity contribution >= 4 is 22.7 Å². The zero-order valence-electron chi connectivity index (χ0n) is 10.3. The molecule has 1 aromatic carbocycles. The number of halogens is 1. The van der Waals surface area contributed by atoms with Crippen LogP contribution in [0.15, 0.2) is 30.5 Å². The number of aromatic nitrogens is 1. The Labute approximate surface area is 110 Å². The molecule has 0 saturated heterocycles. The first-order valence-electron chi connectivity index (χ1n) is 5.93. The second kappa shape index (κ2) is 6.16. The molecule has 1 atom stereocenters. The van der Waals surface area contributed by atoms with Crippen LogP contribution in [0.3, 0.4) is 0 Å². The number of hydrogen-bond acceptors (Lipinski definition) is 3. The molecule has 0 aliphatic carbocycles. The molecule has 1 aromatic heterocycles. The van der Waals surface area contributed by atoms with Gasteiger partial charge < -0.3 is 5.11 Å². The summed E-state index contributed by atoms with van der Waals surface area (Å²) >= 11 is 1.74. The molecule has 18 heavy (non-hydrogen) atoms. The van der Waals surface area contributed by atoms with Crippen molar-refractivity contribution in [3.63, 3.8) is 0 Å². The Hall–Kier alpha value is -1.13. The highest BCUT2D eigenvalue weighted by Gasteiger charge is 2.07. The molecule has 1 heterocycles. The van der Waals surface area contributed by atoms with Crippen LogP contribution in [0.1, 0.15) is 12.5 Å². The molecule has 96 valence electrons. The van der Waals surface area contributed by atoms with E-state index in [4.69, 9.17) is 5.11 Å². The lowest BCUT2D eigenvalue weighted by molar-refractivity contribution is 0.250. The molecule has 2 nitrogen and oxygen atoms in total. The second-order valence-corrected chi connectivity index (χ2v) is 5.44. The van der Waals surface area contributed by atoms with Gasteiger partial charge in [-0.1, -0.05) is 13.0 Å². The Kier molecular flexibility index (Phi) is 4.55. The number of nitrogens with zero attached hydrogens (tertiary/aromatic N) is 1. The van der Waals surface area contributed by atoms with Crippen molar-refractivity contribution in [2.24, 2.45) is 5.92 Å². The highest BCUT2D eigenvalue weighted by Crippen LogP contribution is 2.24. The fourth-order valence-corrected chi connectivity index (χ4v) is 2.81. The molecular formula is C14H16FNOS. The van der Waals surface area contributed by atoms with Crippen molar-refractivity contribution in [2.75, 3.05) is 12.4 Å². The van der Waals surface area contributed by atoms with Crippen molar-refractivity contribution in [3.8, 4) is 0 Å². The number of fused-ring (bicyclic) bond motifs is 1. The van der Waals surface area contributed by atoms with E-state index in [2.05, 4.69) is 4.98 Å². The first-order chi connectivity index (χ1) is 8.72. The van der Waals surface area contributed by atoms with Crippen LogP contribution in [0.2, 0.25) is 0 Å². The summed E-state index contributed by atoms with van der Waals surface area (Å²) in [6.07, 6.45) is 1.69. The van der Waals surface area contributed by atoms with Gasteiger partial charge in [-0.25, -0.2) is 4.39 Å². The minimum atomic E-state index is -0.226. The maximum atomic E-state index is 13.6. The maximum absolute atomic E-state index is 13.6. The number of rotatable bonds is 5. The normalized spacial score (nSPS) is 12.8. The van der Waals surface area contributed by atoms with Crippen LogP contribution in [0.25, 0.3) is 10.9 Å². The Bertz CT molecular complexity index is 532. The quantitative estimate of drug-likeness (QED) is 0.901. The average Bonchev–Trinajstić information content (AvgIpc) is 2.41. The highest BCUT2D eigenvalue weighted by molar-refractivity contribution is 7.98. The van der Waals surface area contributed by atoms with Gasteiger partial charge in [0.15, 0.2) is 0 Å². The highest BCUT2D eigenvalue weighted by atomic mass is 32.2. The molecule has 0 radical (unpaired) electrons. The lowest BCUT2D eigenvalue weighted by Crippen LogP contribution is -2.03. The smallest absolute Gasteiger partial charge is 0.132 e. The standard InChI is InChI=1S/C14H16FNOS/c1-10(7-17)8-18-9-11-4-5-13(15)12-3-2-6-16-14(11)12/h2-6,10,17H,7-9H2,1H3. The largest absolute Gasteiger partial charge is 0.396 e. The molecule has 2 aromatic rings. The topological polar surface area (TPSA) is 33.1 Å². The lowest BCUT2D eigenvalue weighted by Gasteiger charge is -2.09. The summed E-state index contributed by atoms with van der Waals surface area (Å²) < 4.78 is 13.6. The van der Waals surface area contributed by atoms with Crippen molar-refractivity contribution in [1.82, 2.24) is 4.98 Å². The first-order valence-corrected chi connectivity index (χ1v) is 7.08. The predicted molar refractivity (Wildman–Crippen MR) is 74.1 cm³/mol. The van der Waals surface area contributed by atoms with E-state index in [1.165, 1.54) is 6.07 Å². The summed E-state index contributed by atoms with van der Waals surface area (Å²) in [7, 11) is 0. The van der Waals surface area contributed by atoms with Gasteiger partial charge >= 0.3 is 0 Å². The van der Waals surface area contributed by atoms with E-state index >= 15 is 0 Å². The van der Waals surface area contributed by atoms with Crippen molar-refractivity contribution < 1.29 is 9.50 Å². The summed E-state index contributed by atoms with van der Waals surface area (Å²) in [6.45, 7) is 2.21. The minimum absolute atomic E-state index is 0.204. The third kappa shape index (κ3) is 3.00. The second-order valence-electron chi connectivity index (χ2n) is 4.41. The van der Waals surface area contributed by atoms with Crippen LogP contribution in [0.5, 0.6) is 0 Å². The van der Waals surface area contributed by atoms with Gasteiger partial charge in [-0.3, -0.25) is 4.98 Å². The fraction of sp³-hybridized carbons (Fsp3) is 0.357. The van der Waals surface area contributed by atoms with E-state index in [1.807, 2.05) is 6.92 Å². The van der Waals surface area contributed by atoms with Gasteiger partial charge in [0, 0.05) is 23.9 Å². The van der Waals surface area contributed by atoms with Gasteiger partial charge in [-0.2, -0.15) is 11.8 Å². The van der Waals surface area contributed by atoms with E-state index < -0.39 is 0 Å². The van der Waals surface area contributed by atoms with Gasteiger partial charge in [0.25, 0.3) is 0 Å². The Morgan fingerprint density at radius 1 is 1.39 bits per heavy atom. The molecule has 0 spiro atoms. The van der Waals surface area contributed by atoms with Crippen LogP contribution in [-0.2, 0) is 5.75 Å². The number of pyridine rings is 1. The third-order valence-electron chi connectivity index (χ3n) is 2.77. The molecule has 2 rings (SSSR count). The number of hydrogen-bond donors (Lipinski definition) is 1. The van der Waals surface area contributed by atoms with Gasteiger partial charge in [-0.15, -0.1) is 0 Å². The van der Waals surface area contributed by atoms with Crippen molar-refractivity contribution in [3.05, 3.63) is 41.8 Å². The summed E-state index contributed by atoms with van der Waals surface area (Å²) in [5, 5.41) is 9.54. The SMILES string of the molecule is CC(CO)CSCc1ccc(F)c2cccnc12. The molecule has 0 saturated carbocycles. The van der Waals surface area contributed by atoms with Gasteiger partial charge in [0.05, 0.1) is 5.52 Å². The van der Waals surface area contributed by atoms with E-state index in [9.17, 15) is 4.39 Å². The number of benzene rings is 1. The zero-order chi connectivity index (χ0) is 13.0.